The minimum Gasteiger partial charge on any atom is -0.355 e. The Morgan fingerprint density at radius 2 is 1.94 bits per heavy atom. The van der Waals surface area contributed by atoms with Gasteiger partial charge in [0, 0.05) is 11.6 Å². The van der Waals surface area contributed by atoms with Gasteiger partial charge >= 0.3 is 0 Å². The van der Waals surface area contributed by atoms with Gasteiger partial charge in [0.05, 0.1) is 6.54 Å². The number of nitrogens with one attached hydrogen (secondary N) is 2. The van der Waals surface area contributed by atoms with Crippen molar-refractivity contribution in [2.24, 2.45) is 0 Å². The lowest BCUT2D eigenvalue weighted by Gasteiger charge is -2.05. The Bertz CT molecular complexity index is 338. The van der Waals surface area contributed by atoms with E-state index in [9.17, 15) is 4.79 Å². The zero-order chi connectivity index (χ0) is 12.5. The number of carbonyl (C=O) groups is 1. The van der Waals surface area contributed by atoms with Crippen LogP contribution in [-0.4, -0.2) is 25.5 Å². The first kappa shape index (κ1) is 14.0. The minimum absolute atomic E-state index is 0.0583. The Hall–Kier alpha value is -1.06. The quantitative estimate of drug-likeness (QED) is 0.731. The normalized spacial score (nSPS) is 10.2. The Kier molecular flexibility index (Phi) is 6.67. The molecule has 0 atom stereocenters. The Balaban J connectivity index is 2.11. The number of hydrogen-bond donors (Lipinski definition) is 2. The van der Waals surface area contributed by atoms with Gasteiger partial charge in [0.25, 0.3) is 0 Å². The van der Waals surface area contributed by atoms with Crippen molar-refractivity contribution in [1.82, 2.24) is 10.6 Å². The van der Waals surface area contributed by atoms with Crippen molar-refractivity contribution in [1.29, 1.82) is 0 Å². The summed E-state index contributed by atoms with van der Waals surface area (Å²) in [4.78, 5) is 11.3. The molecule has 0 fully saturated rings. The number of halogens is 1. The summed E-state index contributed by atoms with van der Waals surface area (Å²) >= 11 is 5.79. The monoisotopic (exact) mass is 254 g/mol. The van der Waals surface area contributed by atoms with Crippen LogP contribution in [0.5, 0.6) is 0 Å². The maximum Gasteiger partial charge on any atom is 0.233 e. The number of carbonyl (C=O) groups excluding carboxylic acids is 1. The van der Waals surface area contributed by atoms with Gasteiger partial charge in [0.1, 0.15) is 0 Å². The first-order valence-electron chi connectivity index (χ1n) is 5.94. The number of rotatable bonds is 7. The molecular weight excluding hydrogens is 236 g/mol. The van der Waals surface area contributed by atoms with Crippen LogP contribution in [0.3, 0.4) is 0 Å². The summed E-state index contributed by atoms with van der Waals surface area (Å²) in [5.41, 5.74) is 1.22. The van der Waals surface area contributed by atoms with Crippen LogP contribution in [0, 0.1) is 0 Å². The van der Waals surface area contributed by atoms with E-state index in [4.69, 9.17) is 11.6 Å². The molecule has 4 heteroatoms. The molecule has 2 N–H and O–H groups in total. The van der Waals surface area contributed by atoms with Gasteiger partial charge in [-0.05, 0) is 37.1 Å². The molecule has 0 aromatic heterocycles. The first-order valence-corrected chi connectivity index (χ1v) is 6.32. The molecule has 1 aromatic rings. The van der Waals surface area contributed by atoms with Gasteiger partial charge in [-0.1, -0.05) is 30.7 Å². The maximum absolute atomic E-state index is 11.3. The molecule has 0 saturated carbocycles. The van der Waals surface area contributed by atoms with Crippen molar-refractivity contribution in [3.63, 3.8) is 0 Å². The predicted molar refractivity (Wildman–Crippen MR) is 71.3 cm³/mol. The Morgan fingerprint density at radius 1 is 1.24 bits per heavy atom. The molecule has 1 rings (SSSR count). The van der Waals surface area contributed by atoms with Gasteiger partial charge < -0.3 is 10.6 Å². The maximum atomic E-state index is 11.3. The molecule has 1 amide bonds. The molecule has 0 radical (unpaired) electrons. The smallest absolute Gasteiger partial charge is 0.233 e. The van der Waals surface area contributed by atoms with Crippen LogP contribution in [-0.2, 0) is 11.2 Å². The van der Waals surface area contributed by atoms with Gasteiger partial charge in [-0.15, -0.1) is 0 Å². The molecule has 0 spiro atoms. The second kappa shape index (κ2) is 8.09. The lowest BCUT2D eigenvalue weighted by molar-refractivity contribution is -0.120. The molecule has 0 unspecified atom stereocenters. The van der Waals surface area contributed by atoms with Crippen LogP contribution in [0.2, 0.25) is 5.02 Å². The number of hydrogen-bond acceptors (Lipinski definition) is 2. The minimum atomic E-state index is 0.0583. The van der Waals surface area contributed by atoms with Crippen molar-refractivity contribution in [2.75, 3.05) is 19.6 Å². The lowest BCUT2D eigenvalue weighted by atomic mass is 10.1. The van der Waals surface area contributed by atoms with Gasteiger partial charge in [-0.25, -0.2) is 0 Å². The van der Waals surface area contributed by atoms with Crippen molar-refractivity contribution in [3.05, 3.63) is 34.9 Å². The van der Waals surface area contributed by atoms with Gasteiger partial charge in [-0.2, -0.15) is 0 Å². The second-order valence-corrected chi connectivity index (χ2v) is 4.34. The fraction of sp³-hybridized carbons (Fsp3) is 0.462. The van der Waals surface area contributed by atoms with Crippen LogP contribution >= 0.6 is 11.6 Å². The second-order valence-electron chi connectivity index (χ2n) is 3.90. The molecule has 0 heterocycles. The van der Waals surface area contributed by atoms with E-state index in [0.29, 0.717) is 6.54 Å². The van der Waals surface area contributed by atoms with Crippen LogP contribution in [0.15, 0.2) is 24.3 Å². The van der Waals surface area contributed by atoms with Crippen LogP contribution in [0.1, 0.15) is 18.9 Å². The standard InChI is InChI=1S/C13H19ClN2O/c1-2-8-16-13(17)10-15-9-7-11-3-5-12(14)6-4-11/h3-6,15H,2,7-10H2,1H3,(H,16,17). The highest BCUT2D eigenvalue weighted by Gasteiger charge is 1.98. The molecule has 0 saturated heterocycles. The summed E-state index contributed by atoms with van der Waals surface area (Å²) in [6.45, 7) is 3.96. The largest absolute Gasteiger partial charge is 0.355 e. The molecule has 0 aliphatic heterocycles. The average Bonchev–Trinajstić information content (AvgIpc) is 2.34. The molecule has 94 valence electrons. The number of benzene rings is 1. The molecule has 0 aliphatic rings. The van der Waals surface area contributed by atoms with Gasteiger partial charge in [0.2, 0.25) is 5.91 Å². The summed E-state index contributed by atoms with van der Waals surface area (Å²) in [5.74, 6) is 0.0583. The third kappa shape index (κ3) is 6.29. The van der Waals surface area contributed by atoms with E-state index in [-0.39, 0.29) is 5.91 Å². The lowest BCUT2D eigenvalue weighted by Crippen LogP contribution is -2.35. The fourth-order valence-electron chi connectivity index (χ4n) is 1.41. The molecule has 3 nitrogen and oxygen atoms in total. The average molecular weight is 255 g/mol. The van der Waals surface area contributed by atoms with E-state index in [1.807, 2.05) is 31.2 Å². The zero-order valence-corrected chi connectivity index (χ0v) is 10.9. The molecule has 1 aromatic carbocycles. The number of amides is 1. The van der Waals surface area contributed by atoms with E-state index in [1.165, 1.54) is 5.56 Å². The third-order valence-corrected chi connectivity index (χ3v) is 2.61. The van der Waals surface area contributed by atoms with Crippen molar-refractivity contribution < 1.29 is 4.79 Å². The highest BCUT2D eigenvalue weighted by atomic mass is 35.5. The first-order chi connectivity index (χ1) is 8.22. The summed E-state index contributed by atoms with van der Waals surface area (Å²) in [7, 11) is 0. The Labute approximate surface area is 108 Å². The van der Waals surface area contributed by atoms with Crippen LogP contribution in [0.25, 0.3) is 0 Å². The fourth-order valence-corrected chi connectivity index (χ4v) is 1.54. The van der Waals surface area contributed by atoms with E-state index in [1.54, 1.807) is 0 Å². The van der Waals surface area contributed by atoms with Crippen LogP contribution < -0.4 is 10.6 Å². The molecule has 0 bridgehead atoms. The van der Waals surface area contributed by atoms with E-state index in [0.717, 1.165) is 31.0 Å². The summed E-state index contributed by atoms with van der Waals surface area (Å²) in [6.07, 6.45) is 1.87. The highest BCUT2D eigenvalue weighted by Crippen LogP contribution is 2.09. The van der Waals surface area contributed by atoms with E-state index < -0.39 is 0 Å². The van der Waals surface area contributed by atoms with Gasteiger partial charge in [-0.3, -0.25) is 4.79 Å². The highest BCUT2D eigenvalue weighted by molar-refractivity contribution is 6.30. The SMILES string of the molecule is CCCNC(=O)CNCCc1ccc(Cl)cc1. The van der Waals surface area contributed by atoms with E-state index >= 15 is 0 Å². The summed E-state index contributed by atoms with van der Waals surface area (Å²) < 4.78 is 0. The summed E-state index contributed by atoms with van der Waals surface area (Å²) in [6, 6.07) is 7.76. The summed E-state index contributed by atoms with van der Waals surface area (Å²) in [5, 5.41) is 6.68. The molecule has 0 aliphatic carbocycles. The van der Waals surface area contributed by atoms with E-state index in [2.05, 4.69) is 10.6 Å². The molecule has 17 heavy (non-hydrogen) atoms. The zero-order valence-electron chi connectivity index (χ0n) is 10.1. The van der Waals surface area contributed by atoms with Crippen molar-refractivity contribution in [2.45, 2.75) is 19.8 Å². The van der Waals surface area contributed by atoms with Crippen molar-refractivity contribution >= 4 is 17.5 Å². The Morgan fingerprint density at radius 3 is 2.59 bits per heavy atom. The van der Waals surface area contributed by atoms with Gasteiger partial charge in [0.15, 0.2) is 0 Å². The third-order valence-electron chi connectivity index (χ3n) is 2.36. The topological polar surface area (TPSA) is 41.1 Å². The van der Waals surface area contributed by atoms with Crippen LogP contribution in [0.4, 0.5) is 0 Å². The molecular formula is C13H19ClN2O. The van der Waals surface area contributed by atoms with Crippen molar-refractivity contribution in [3.8, 4) is 0 Å². The predicted octanol–water partition coefficient (Wildman–Crippen LogP) is 2.00.